The number of amides is 1. The van der Waals surface area contributed by atoms with Crippen molar-refractivity contribution in [2.24, 2.45) is 0 Å². The molecule has 1 aromatic heterocycles. The predicted octanol–water partition coefficient (Wildman–Crippen LogP) is 1.28. The van der Waals surface area contributed by atoms with Crippen LogP contribution in [0.5, 0.6) is 0 Å². The Morgan fingerprint density at radius 1 is 1.48 bits per heavy atom. The molecule has 3 N–H and O–H groups in total. The third-order valence-corrected chi connectivity index (χ3v) is 3.16. The maximum Gasteiger partial charge on any atom is 0.437 e. The van der Waals surface area contributed by atoms with E-state index in [0.29, 0.717) is 12.8 Å². The lowest BCUT2D eigenvalue weighted by molar-refractivity contribution is -0.140. The fourth-order valence-electron chi connectivity index (χ4n) is 1.92. The van der Waals surface area contributed by atoms with Gasteiger partial charge in [0.1, 0.15) is 5.69 Å². The Labute approximate surface area is 129 Å². The van der Waals surface area contributed by atoms with Crippen LogP contribution in [-0.4, -0.2) is 35.3 Å². The number of nitrogens with two attached hydrogens (primary N) is 1. The van der Waals surface area contributed by atoms with Gasteiger partial charge >= 0.3 is 12.1 Å². The number of aromatic nitrogens is 2. The quantitative estimate of drug-likeness (QED) is 0.625. The van der Waals surface area contributed by atoms with Crippen LogP contribution < -0.4 is 11.1 Å². The number of alkyl halides is 3. The molecular formula is C13H15F3N4O3. The first kappa shape index (κ1) is 16.8. The fraction of sp³-hybridized carbons (Fsp3) is 0.462. The summed E-state index contributed by atoms with van der Waals surface area (Å²) in [7, 11) is 1.19. The summed E-state index contributed by atoms with van der Waals surface area (Å²) in [5.41, 5.74) is 3.20. The Morgan fingerprint density at radius 2 is 2.13 bits per heavy atom. The van der Waals surface area contributed by atoms with Crippen molar-refractivity contribution in [3.8, 4) is 0 Å². The highest BCUT2D eigenvalue weighted by Crippen LogP contribution is 2.41. The van der Waals surface area contributed by atoms with Crippen LogP contribution >= 0.6 is 0 Å². The highest BCUT2D eigenvalue weighted by atomic mass is 19.4. The van der Waals surface area contributed by atoms with Crippen LogP contribution in [0, 0.1) is 0 Å². The predicted molar refractivity (Wildman–Crippen MR) is 73.4 cm³/mol. The van der Waals surface area contributed by atoms with Gasteiger partial charge in [-0.15, -0.1) is 0 Å². The van der Waals surface area contributed by atoms with Crippen LogP contribution in [0.25, 0.3) is 0 Å². The number of carbonyl (C=O) groups excluding carboxylic acids is 2. The van der Waals surface area contributed by atoms with Gasteiger partial charge in [0.25, 0.3) is 5.91 Å². The first-order valence-electron chi connectivity index (χ1n) is 6.73. The van der Waals surface area contributed by atoms with Crippen LogP contribution in [0.1, 0.15) is 35.1 Å². The topological polar surface area (TPSA) is 99.2 Å². The monoisotopic (exact) mass is 332 g/mol. The molecule has 1 saturated carbocycles. The highest BCUT2D eigenvalue weighted by Gasteiger charge is 2.42. The molecule has 23 heavy (non-hydrogen) atoms. The van der Waals surface area contributed by atoms with Crippen molar-refractivity contribution >= 4 is 17.6 Å². The highest BCUT2D eigenvalue weighted by molar-refractivity contribution is 5.98. The smallest absolute Gasteiger partial charge is 0.437 e. The average Bonchev–Trinajstić information content (AvgIpc) is 3.25. The molecule has 1 fully saturated rings. The van der Waals surface area contributed by atoms with E-state index in [2.05, 4.69) is 15.2 Å². The van der Waals surface area contributed by atoms with Gasteiger partial charge in [-0.1, -0.05) is 6.08 Å². The maximum atomic E-state index is 12.9. The van der Waals surface area contributed by atoms with Gasteiger partial charge in [0, 0.05) is 12.6 Å². The number of hydrogen-bond acceptors (Lipinski definition) is 5. The number of ether oxygens (including phenoxy) is 1. The van der Waals surface area contributed by atoms with Crippen molar-refractivity contribution in [3.63, 3.8) is 0 Å². The molecule has 1 aromatic rings. The maximum absolute atomic E-state index is 12.9. The standard InChI is InChI=1S/C13H15F3N4O3/c1-23-8(21)3-2-6-18-12(22)10-9(17)11(13(14,15)16)19-20(10)7-4-5-7/h2-3,7H,4-6,17H2,1H3,(H,18,22)/b3-2+. The van der Waals surface area contributed by atoms with Gasteiger partial charge in [-0.3, -0.25) is 9.48 Å². The van der Waals surface area contributed by atoms with E-state index in [-0.39, 0.29) is 18.3 Å². The molecule has 0 saturated heterocycles. The van der Waals surface area contributed by atoms with Crippen LogP contribution in [0.15, 0.2) is 12.2 Å². The molecule has 7 nitrogen and oxygen atoms in total. The lowest BCUT2D eigenvalue weighted by Crippen LogP contribution is -2.27. The Balaban J connectivity index is 2.17. The van der Waals surface area contributed by atoms with Crippen LogP contribution in [0.4, 0.5) is 18.9 Å². The van der Waals surface area contributed by atoms with E-state index in [1.165, 1.54) is 13.2 Å². The summed E-state index contributed by atoms with van der Waals surface area (Å²) in [6, 6.07) is -0.250. The molecule has 1 aliphatic rings. The number of anilines is 1. The lowest BCUT2D eigenvalue weighted by Gasteiger charge is -2.06. The molecule has 1 amide bonds. The van der Waals surface area contributed by atoms with E-state index in [4.69, 9.17) is 5.73 Å². The Hall–Kier alpha value is -2.52. The molecule has 0 aliphatic heterocycles. The summed E-state index contributed by atoms with van der Waals surface area (Å²) in [5, 5.41) is 5.81. The zero-order valence-electron chi connectivity index (χ0n) is 12.2. The summed E-state index contributed by atoms with van der Waals surface area (Å²) < 4.78 is 44.0. The number of rotatable bonds is 5. The second-order valence-corrected chi connectivity index (χ2v) is 4.92. The molecule has 0 spiro atoms. The third-order valence-electron chi connectivity index (χ3n) is 3.16. The minimum atomic E-state index is -4.73. The Bertz CT molecular complexity index is 648. The van der Waals surface area contributed by atoms with Gasteiger partial charge in [0.2, 0.25) is 0 Å². The average molecular weight is 332 g/mol. The molecule has 2 rings (SSSR count). The molecule has 0 atom stereocenters. The van der Waals surface area contributed by atoms with Crippen LogP contribution in [0.3, 0.4) is 0 Å². The molecular weight excluding hydrogens is 317 g/mol. The molecule has 1 aliphatic carbocycles. The van der Waals surface area contributed by atoms with E-state index in [1.54, 1.807) is 0 Å². The zero-order chi connectivity index (χ0) is 17.2. The van der Waals surface area contributed by atoms with Gasteiger partial charge in [0.15, 0.2) is 5.69 Å². The van der Waals surface area contributed by atoms with Crippen molar-refractivity contribution in [2.45, 2.75) is 25.1 Å². The number of hydrogen-bond donors (Lipinski definition) is 2. The summed E-state index contributed by atoms with van der Waals surface area (Å²) in [6.45, 7) is -0.0649. The minimum absolute atomic E-state index is 0.0649. The van der Waals surface area contributed by atoms with Crippen molar-refractivity contribution in [1.82, 2.24) is 15.1 Å². The first-order valence-corrected chi connectivity index (χ1v) is 6.73. The molecule has 10 heteroatoms. The largest absolute Gasteiger partial charge is 0.466 e. The van der Waals surface area contributed by atoms with E-state index < -0.39 is 29.4 Å². The summed E-state index contributed by atoms with van der Waals surface area (Å²) in [6.07, 6.45) is -1.06. The molecule has 0 radical (unpaired) electrons. The van der Waals surface area contributed by atoms with E-state index in [0.717, 1.165) is 10.8 Å². The second kappa shape index (κ2) is 6.31. The van der Waals surface area contributed by atoms with Gasteiger partial charge in [0.05, 0.1) is 18.8 Å². The molecule has 0 bridgehead atoms. The number of halogens is 3. The van der Waals surface area contributed by atoms with Crippen LogP contribution in [0.2, 0.25) is 0 Å². The first-order chi connectivity index (χ1) is 10.8. The number of nitrogen functional groups attached to an aromatic ring is 1. The van der Waals surface area contributed by atoms with Gasteiger partial charge in [-0.2, -0.15) is 18.3 Å². The number of esters is 1. The van der Waals surface area contributed by atoms with E-state index in [1.807, 2.05) is 0 Å². The summed E-state index contributed by atoms with van der Waals surface area (Å²) in [5.74, 6) is -1.40. The molecule has 126 valence electrons. The van der Waals surface area contributed by atoms with Gasteiger partial charge in [-0.05, 0) is 12.8 Å². The van der Waals surface area contributed by atoms with E-state index >= 15 is 0 Å². The zero-order valence-corrected chi connectivity index (χ0v) is 12.2. The number of nitrogens with one attached hydrogen (secondary N) is 1. The molecule has 0 aromatic carbocycles. The second-order valence-electron chi connectivity index (χ2n) is 4.92. The Kier molecular flexibility index (Phi) is 4.62. The van der Waals surface area contributed by atoms with Crippen molar-refractivity contribution in [2.75, 3.05) is 19.4 Å². The van der Waals surface area contributed by atoms with E-state index in [9.17, 15) is 22.8 Å². The molecule has 0 unspecified atom stereocenters. The third kappa shape index (κ3) is 3.82. The number of nitrogens with zero attached hydrogens (tertiary/aromatic N) is 2. The van der Waals surface area contributed by atoms with Crippen molar-refractivity contribution in [3.05, 3.63) is 23.5 Å². The summed E-state index contributed by atoms with van der Waals surface area (Å²) >= 11 is 0. The van der Waals surface area contributed by atoms with Crippen molar-refractivity contribution < 1.29 is 27.5 Å². The van der Waals surface area contributed by atoms with Crippen LogP contribution in [-0.2, 0) is 15.7 Å². The normalized spacial score (nSPS) is 15.0. The van der Waals surface area contributed by atoms with Gasteiger partial charge < -0.3 is 15.8 Å². The molecule has 1 heterocycles. The number of methoxy groups -OCH3 is 1. The van der Waals surface area contributed by atoms with Crippen molar-refractivity contribution in [1.29, 1.82) is 0 Å². The Morgan fingerprint density at radius 3 is 2.65 bits per heavy atom. The lowest BCUT2D eigenvalue weighted by atomic mass is 10.2. The number of carbonyl (C=O) groups is 2. The fourth-order valence-corrected chi connectivity index (χ4v) is 1.92. The van der Waals surface area contributed by atoms with Gasteiger partial charge in [-0.25, -0.2) is 4.79 Å². The minimum Gasteiger partial charge on any atom is -0.466 e. The summed E-state index contributed by atoms with van der Waals surface area (Å²) in [4.78, 5) is 23.0. The SMILES string of the molecule is COC(=O)/C=C/CNC(=O)c1c(N)c(C(F)(F)F)nn1C1CC1.